The van der Waals surface area contributed by atoms with Crippen LogP contribution in [-0.4, -0.2) is 48.6 Å². The molecule has 0 unspecified atom stereocenters. The number of benzene rings is 1. The summed E-state index contributed by atoms with van der Waals surface area (Å²) in [4.78, 5) is 12.8. The van der Waals surface area contributed by atoms with Crippen molar-refractivity contribution in [2.45, 2.75) is 6.54 Å². The van der Waals surface area contributed by atoms with Gasteiger partial charge in [0.2, 0.25) is 0 Å². The third kappa shape index (κ3) is 3.62. The van der Waals surface area contributed by atoms with Crippen LogP contribution in [0.5, 0.6) is 0 Å². The number of hydrogen-bond acceptors (Lipinski definition) is 1. The Morgan fingerprint density at radius 1 is 1.28 bits per heavy atom. The molecule has 1 heterocycles. The van der Waals surface area contributed by atoms with Crippen LogP contribution in [0.25, 0.3) is 0 Å². The number of carbonyl (C=O) groups excluding carboxylic acids is 1. The van der Waals surface area contributed by atoms with Gasteiger partial charge >= 0.3 is 6.03 Å². The molecule has 2 N–H and O–H groups in total. The molecule has 1 saturated heterocycles. The van der Waals surface area contributed by atoms with Crippen molar-refractivity contribution >= 4 is 6.03 Å². The number of carbonyl (C=O) groups is 1. The molecule has 0 saturated carbocycles. The fourth-order valence-electron chi connectivity index (χ4n) is 2.35. The summed E-state index contributed by atoms with van der Waals surface area (Å²) in [5, 5.41) is 0. The second-order valence-electron chi connectivity index (χ2n) is 5.04. The minimum Gasteiger partial charge on any atom is -1.00 e. The summed E-state index contributed by atoms with van der Waals surface area (Å²) in [5.41, 5.74) is 6.64. The van der Waals surface area contributed by atoms with Gasteiger partial charge in [0.25, 0.3) is 0 Å². The molecule has 0 aromatic heterocycles. The molecule has 5 heteroatoms. The maximum Gasteiger partial charge on any atom is 0.315 e. The van der Waals surface area contributed by atoms with E-state index >= 15 is 0 Å². The standard InChI is InChI=1S/C13H19N3O.ClH/c1-16(11-12-5-3-2-4-6-12)9-7-15(8-10-16)13(14)17;/h2-6H,7-11H2,1H3,(H-,14,17);1H. The maximum absolute atomic E-state index is 11.1. The van der Waals surface area contributed by atoms with Crippen LogP contribution in [0, 0.1) is 0 Å². The van der Waals surface area contributed by atoms with E-state index in [4.69, 9.17) is 5.73 Å². The number of urea groups is 1. The Bertz CT molecular complexity index is 388. The fraction of sp³-hybridized carbons (Fsp3) is 0.462. The van der Waals surface area contributed by atoms with Gasteiger partial charge < -0.3 is 27.5 Å². The van der Waals surface area contributed by atoms with Crippen molar-refractivity contribution in [1.29, 1.82) is 0 Å². The summed E-state index contributed by atoms with van der Waals surface area (Å²) >= 11 is 0. The van der Waals surface area contributed by atoms with Gasteiger partial charge in [-0.05, 0) is 0 Å². The molecule has 18 heavy (non-hydrogen) atoms. The Hall–Kier alpha value is -1.26. The van der Waals surface area contributed by atoms with Crippen molar-refractivity contribution in [3.05, 3.63) is 35.9 Å². The molecule has 1 aliphatic heterocycles. The highest BCUT2D eigenvalue weighted by molar-refractivity contribution is 5.72. The van der Waals surface area contributed by atoms with Gasteiger partial charge in [0, 0.05) is 5.56 Å². The number of halogens is 1. The summed E-state index contributed by atoms with van der Waals surface area (Å²) < 4.78 is 0.980. The van der Waals surface area contributed by atoms with Crippen molar-refractivity contribution < 1.29 is 21.7 Å². The Kier molecular flexibility index (Phi) is 4.99. The van der Waals surface area contributed by atoms with Gasteiger partial charge in [-0.3, -0.25) is 0 Å². The number of likely N-dealkylation sites (N-methyl/N-ethyl adjacent to an activating group) is 1. The first-order valence-corrected chi connectivity index (χ1v) is 6.01. The molecule has 1 aromatic carbocycles. The van der Waals surface area contributed by atoms with Gasteiger partial charge in [0.15, 0.2) is 0 Å². The number of hydrogen-bond donors (Lipinski definition) is 1. The van der Waals surface area contributed by atoms with Gasteiger partial charge in [-0.25, -0.2) is 4.79 Å². The van der Waals surface area contributed by atoms with Crippen LogP contribution in [-0.2, 0) is 6.54 Å². The highest BCUT2D eigenvalue weighted by Gasteiger charge is 2.29. The van der Waals surface area contributed by atoms with Gasteiger partial charge in [-0.1, -0.05) is 30.3 Å². The molecule has 100 valence electrons. The van der Waals surface area contributed by atoms with E-state index in [1.165, 1.54) is 5.56 Å². The first-order chi connectivity index (χ1) is 8.09. The quantitative estimate of drug-likeness (QED) is 0.623. The molecular formula is C13H20ClN3O. The van der Waals surface area contributed by atoms with Gasteiger partial charge in [0.1, 0.15) is 6.54 Å². The first kappa shape index (κ1) is 14.8. The number of nitrogens with two attached hydrogens (primary N) is 1. The lowest BCUT2D eigenvalue weighted by atomic mass is 10.1. The van der Waals surface area contributed by atoms with Crippen molar-refractivity contribution in [3.8, 4) is 0 Å². The van der Waals surface area contributed by atoms with Crippen molar-refractivity contribution in [1.82, 2.24) is 4.90 Å². The van der Waals surface area contributed by atoms with Crippen LogP contribution in [0.2, 0.25) is 0 Å². The normalized spacial score (nSPS) is 17.9. The fourth-order valence-corrected chi connectivity index (χ4v) is 2.35. The lowest BCUT2D eigenvalue weighted by molar-refractivity contribution is -0.926. The Morgan fingerprint density at radius 2 is 1.83 bits per heavy atom. The van der Waals surface area contributed by atoms with Crippen molar-refractivity contribution in [3.63, 3.8) is 0 Å². The molecule has 1 aliphatic rings. The number of quaternary nitrogens is 1. The molecule has 4 nitrogen and oxygen atoms in total. The number of piperazine rings is 1. The molecule has 0 bridgehead atoms. The highest BCUT2D eigenvalue weighted by Crippen LogP contribution is 2.15. The van der Waals surface area contributed by atoms with E-state index in [1.807, 2.05) is 6.07 Å². The zero-order valence-corrected chi connectivity index (χ0v) is 11.4. The van der Waals surface area contributed by atoms with Crippen LogP contribution in [0.1, 0.15) is 5.56 Å². The summed E-state index contributed by atoms with van der Waals surface area (Å²) in [6, 6.07) is 10.2. The first-order valence-electron chi connectivity index (χ1n) is 6.01. The van der Waals surface area contributed by atoms with Crippen LogP contribution < -0.4 is 18.1 Å². The smallest absolute Gasteiger partial charge is 0.315 e. The largest absolute Gasteiger partial charge is 1.00 e. The van der Waals surface area contributed by atoms with Crippen LogP contribution in [0.3, 0.4) is 0 Å². The van der Waals surface area contributed by atoms with E-state index < -0.39 is 0 Å². The van der Waals surface area contributed by atoms with Gasteiger partial charge in [0.05, 0.1) is 33.2 Å². The Morgan fingerprint density at radius 3 is 2.33 bits per heavy atom. The van der Waals surface area contributed by atoms with Crippen LogP contribution >= 0.6 is 0 Å². The third-order valence-corrected chi connectivity index (χ3v) is 3.54. The average molecular weight is 270 g/mol. The second-order valence-corrected chi connectivity index (χ2v) is 5.04. The minimum absolute atomic E-state index is 0. The van der Waals surface area contributed by atoms with Crippen molar-refractivity contribution in [2.75, 3.05) is 33.2 Å². The SMILES string of the molecule is C[N+]1(Cc2ccccc2)CCN(C(N)=O)CC1.[Cl-]. The molecule has 1 fully saturated rings. The molecule has 0 aliphatic carbocycles. The van der Waals surface area contributed by atoms with Gasteiger partial charge in [-0.15, -0.1) is 0 Å². The van der Waals surface area contributed by atoms with E-state index in [1.54, 1.807) is 4.90 Å². The van der Waals surface area contributed by atoms with Gasteiger partial charge in [-0.2, -0.15) is 0 Å². The molecule has 2 rings (SSSR count). The monoisotopic (exact) mass is 269 g/mol. The van der Waals surface area contributed by atoms with E-state index in [0.717, 1.165) is 37.2 Å². The van der Waals surface area contributed by atoms with E-state index in [0.29, 0.717) is 0 Å². The second kappa shape index (κ2) is 6.07. The summed E-state index contributed by atoms with van der Waals surface area (Å²) in [5.74, 6) is 0. The third-order valence-electron chi connectivity index (χ3n) is 3.54. The van der Waals surface area contributed by atoms with E-state index in [9.17, 15) is 4.79 Å². The Labute approximate surface area is 114 Å². The van der Waals surface area contributed by atoms with E-state index in [-0.39, 0.29) is 18.4 Å². The summed E-state index contributed by atoms with van der Waals surface area (Å²) in [6.45, 7) is 4.49. The summed E-state index contributed by atoms with van der Waals surface area (Å²) in [7, 11) is 2.24. The van der Waals surface area contributed by atoms with E-state index in [2.05, 4.69) is 31.3 Å². The lowest BCUT2D eigenvalue weighted by Crippen LogP contribution is -3.00. The topological polar surface area (TPSA) is 46.3 Å². The predicted molar refractivity (Wildman–Crippen MR) is 67.2 cm³/mol. The zero-order valence-electron chi connectivity index (χ0n) is 10.7. The molecular weight excluding hydrogens is 250 g/mol. The number of rotatable bonds is 2. The molecule has 2 amide bonds. The molecule has 0 atom stereocenters. The summed E-state index contributed by atoms with van der Waals surface area (Å²) in [6.07, 6.45) is 0. The zero-order chi connectivity index (χ0) is 12.3. The number of amides is 2. The highest BCUT2D eigenvalue weighted by atomic mass is 35.5. The van der Waals surface area contributed by atoms with Crippen LogP contribution in [0.4, 0.5) is 4.79 Å². The van der Waals surface area contributed by atoms with Crippen molar-refractivity contribution in [2.24, 2.45) is 5.73 Å². The average Bonchev–Trinajstić information content (AvgIpc) is 2.30. The number of primary amides is 1. The minimum atomic E-state index is -0.295. The molecule has 0 radical (unpaired) electrons. The molecule has 0 spiro atoms. The number of nitrogens with zero attached hydrogens (tertiary/aromatic N) is 2. The lowest BCUT2D eigenvalue weighted by Gasteiger charge is -2.41. The predicted octanol–water partition coefficient (Wildman–Crippen LogP) is -1.97. The maximum atomic E-state index is 11.1. The Balaban J connectivity index is 0.00000162. The molecule has 1 aromatic rings. The van der Waals surface area contributed by atoms with Crippen LogP contribution in [0.15, 0.2) is 30.3 Å².